The Hall–Kier alpha value is -1.02. The van der Waals surface area contributed by atoms with Gasteiger partial charge in [0, 0.05) is 5.88 Å². The molecule has 1 aromatic carbocycles. The average Bonchev–Trinajstić information content (AvgIpc) is 2.09. The first-order valence-corrected chi connectivity index (χ1v) is 4.49. The van der Waals surface area contributed by atoms with E-state index in [0.29, 0.717) is 11.4 Å². The van der Waals surface area contributed by atoms with Crippen LogP contribution in [0.2, 0.25) is 0 Å². The molecule has 1 aromatic rings. The average molecular weight is 199 g/mol. The molecular formula is C10H11ClO2. The van der Waals surface area contributed by atoms with Gasteiger partial charge in [0.2, 0.25) is 0 Å². The zero-order valence-electron chi connectivity index (χ0n) is 7.60. The molecule has 0 aliphatic rings. The summed E-state index contributed by atoms with van der Waals surface area (Å²) in [5.41, 5.74) is 3.11. The number of halogens is 1. The van der Waals surface area contributed by atoms with Gasteiger partial charge in [-0.2, -0.15) is 0 Å². The summed E-state index contributed by atoms with van der Waals surface area (Å²) in [4.78, 5) is 10.7. The second-order valence-corrected chi connectivity index (χ2v) is 3.23. The van der Waals surface area contributed by atoms with Gasteiger partial charge in [0.15, 0.2) is 0 Å². The monoisotopic (exact) mass is 198 g/mol. The molecule has 0 spiro atoms. The van der Waals surface area contributed by atoms with Crippen LogP contribution in [-0.4, -0.2) is 11.1 Å². The van der Waals surface area contributed by atoms with E-state index in [2.05, 4.69) is 0 Å². The fourth-order valence-corrected chi connectivity index (χ4v) is 1.54. The minimum atomic E-state index is -0.887. The number of benzene rings is 1. The van der Waals surface area contributed by atoms with Gasteiger partial charge in [-0.05, 0) is 36.6 Å². The van der Waals surface area contributed by atoms with Crippen molar-refractivity contribution >= 4 is 17.6 Å². The lowest BCUT2D eigenvalue weighted by Gasteiger charge is -2.08. The standard InChI is InChI=1S/C10H11ClO2/c1-6-7(2)9(10(12)13)4-3-8(6)5-11/h3-4H,5H2,1-2H3,(H,12,13). The molecule has 2 nitrogen and oxygen atoms in total. The van der Waals surface area contributed by atoms with Crippen LogP contribution in [-0.2, 0) is 5.88 Å². The minimum Gasteiger partial charge on any atom is -0.478 e. The van der Waals surface area contributed by atoms with Crippen molar-refractivity contribution in [1.82, 2.24) is 0 Å². The Labute approximate surface area is 82.2 Å². The predicted molar refractivity (Wildman–Crippen MR) is 52.4 cm³/mol. The molecule has 0 fully saturated rings. The molecule has 0 saturated heterocycles. The number of rotatable bonds is 2. The lowest BCUT2D eigenvalue weighted by molar-refractivity contribution is 0.0696. The van der Waals surface area contributed by atoms with Gasteiger partial charge < -0.3 is 5.11 Å². The van der Waals surface area contributed by atoms with Crippen molar-refractivity contribution < 1.29 is 9.90 Å². The topological polar surface area (TPSA) is 37.3 Å². The number of carboxylic acids is 1. The highest BCUT2D eigenvalue weighted by molar-refractivity contribution is 6.17. The van der Waals surface area contributed by atoms with Crippen molar-refractivity contribution in [2.24, 2.45) is 0 Å². The van der Waals surface area contributed by atoms with Crippen LogP contribution in [0.1, 0.15) is 27.0 Å². The van der Waals surface area contributed by atoms with Crippen LogP contribution >= 0.6 is 11.6 Å². The summed E-state index contributed by atoms with van der Waals surface area (Å²) in [5, 5.41) is 8.82. The highest BCUT2D eigenvalue weighted by atomic mass is 35.5. The Morgan fingerprint density at radius 1 is 1.38 bits per heavy atom. The second-order valence-electron chi connectivity index (χ2n) is 2.96. The molecule has 0 atom stereocenters. The van der Waals surface area contributed by atoms with Gasteiger partial charge in [-0.1, -0.05) is 6.07 Å². The van der Waals surface area contributed by atoms with Gasteiger partial charge in [-0.15, -0.1) is 11.6 Å². The maximum atomic E-state index is 10.7. The summed E-state index contributed by atoms with van der Waals surface area (Å²) in [6, 6.07) is 3.36. The molecule has 1 N–H and O–H groups in total. The lowest BCUT2D eigenvalue weighted by atomic mass is 9.99. The third kappa shape index (κ3) is 1.83. The van der Waals surface area contributed by atoms with Crippen LogP contribution in [0.25, 0.3) is 0 Å². The first kappa shape index (κ1) is 10.1. The Morgan fingerprint density at radius 2 is 2.00 bits per heavy atom. The number of hydrogen-bond acceptors (Lipinski definition) is 1. The first-order valence-electron chi connectivity index (χ1n) is 3.96. The number of carbonyl (C=O) groups is 1. The third-order valence-electron chi connectivity index (χ3n) is 2.27. The minimum absolute atomic E-state index is 0.353. The molecule has 0 heterocycles. The Balaban J connectivity index is 3.31. The summed E-state index contributed by atoms with van der Waals surface area (Å²) in [6.45, 7) is 3.69. The van der Waals surface area contributed by atoms with Crippen molar-refractivity contribution in [1.29, 1.82) is 0 Å². The molecule has 0 aromatic heterocycles. The fourth-order valence-electron chi connectivity index (χ4n) is 1.25. The highest BCUT2D eigenvalue weighted by Gasteiger charge is 2.10. The summed E-state index contributed by atoms with van der Waals surface area (Å²) in [7, 11) is 0. The van der Waals surface area contributed by atoms with E-state index in [1.54, 1.807) is 19.1 Å². The van der Waals surface area contributed by atoms with Crippen LogP contribution < -0.4 is 0 Å². The summed E-state index contributed by atoms with van der Waals surface area (Å²) in [5.74, 6) is -0.464. The normalized spacial score (nSPS) is 10.1. The molecule has 13 heavy (non-hydrogen) atoms. The van der Waals surface area contributed by atoms with Gasteiger partial charge in [-0.25, -0.2) is 4.79 Å². The van der Waals surface area contributed by atoms with E-state index in [0.717, 1.165) is 16.7 Å². The lowest BCUT2D eigenvalue weighted by Crippen LogP contribution is -2.02. The smallest absolute Gasteiger partial charge is 0.335 e. The number of hydrogen-bond donors (Lipinski definition) is 1. The molecule has 0 unspecified atom stereocenters. The van der Waals surface area contributed by atoms with Crippen LogP contribution in [0.5, 0.6) is 0 Å². The molecule has 1 rings (SSSR count). The number of alkyl halides is 1. The van der Waals surface area contributed by atoms with Gasteiger partial charge in [0.1, 0.15) is 0 Å². The van der Waals surface area contributed by atoms with Crippen LogP contribution in [0.3, 0.4) is 0 Å². The van der Waals surface area contributed by atoms with E-state index in [9.17, 15) is 4.79 Å². The zero-order valence-corrected chi connectivity index (χ0v) is 8.35. The molecule has 70 valence electrons. The second kappa shape index (κ2) is 3.79. The van der Waals surface area contributed by atoms with E-state index < -0.39 is 5.97 Å². The molecule has 3 heteroatoms. The van der Waals surface area contributed by atoms with Gasteiger partial charge in [0.25, 0.3) is 0 Å². The SMILES string of the molecule is Cc1c(CCl)ccc(C(=O)O)c1C. The predicted octanol–water partition coefficient (Wildman–Crippen LogP) is 2.74. The highest BCUT2D eigenvalue weighted by Crippen LogP contribution is 2.19. The van der Waals surface area contributed by atoms with Crippen LogP contribution in [0.15, 0.2) is 12.1 Å². The molecule has 0 aliphatic carbocycles. The Kier molecular flexibility index (Phi) is 2.94. The Bertz CT molecular complexity index is 345. The maximum Gasteiger partial charge on any atom is 0.335 e. The van der Waals surface area contributed by atoms with Crippen molar-refractivity contribution in [3.63, 3.8) is 0 Å². The van der Waals surface area contributed by atoms with E-state index in [1.165, 1.54) is 0 Å². The van der Waals surface area contributed by atoms with Crippen LogP contribution in [0.4, 0.5) is 0 Å². The molecule has 0 aliphatic heterocycles. The summed E-state index contributed by atoms with van der Waals surface area (Å²) < 4.78 is 0. The maximum absolute atomic E-state index is 10.7. The van der Waals surface area contributed by atoms with Crippen molar-refractivity contribution in [3.8, 4) is 0 Å². The quantitative estimate of drug-likeness (QED) is 0.742. The van der Waals surface area contributed by atoms with Crippen molar-refractivity contribution in [3.05, 3.63) is 34.4 Å². The van der Waals surface area contributed by atoms with E-state index >= 15 is 0 Å². The van der Waals surface area contributed by atoms with Crippen LogP contribution in [0, 0.1) is 13.8 Å². The molecule has 0 saturated carbocycles. The van der Waals surface area contributed by atoms with Crippen molar-refractivity contribution in [2.75, 3.05) is 0 Å². The molecule has 0 bridgehead atoms. The fraction of sp³-hybridized carbons (Fsp3) is 0.300. The molecular weight excluding hydrogens is 188 g/mol. The van der Waals surface area contributed by atoms with Gasteiger partial charge in [0.05, 0.1) is 5.56 Å². The Morgan fingerprint density at radius 3 is 2.46 bits per heavy atom. The van der Waals surface area contributed by atoms with E-state index in [-0.39, 0.29) is 0 Å². The van der Waals surface area contributed by atoms with E-state index in [4.69, 9.17) is 16.7 Å². The molecule has 0 amide bonds. The first-order chi connectivity index (χ1) is 6.07. The van der Waals surface area contributed by atoms with E-state index in [1.807, 2.05) is 6.92 Å². The summed E-state index contributed by atoms with van der Waals surface area (Å²) in [6.07, 6.45) is 0. The molecule has 0 radical (unpaired) electrons. The van der Waals surface area contributed by atoms with Gasteiger partial charge in [-0.3, -0.25) is 0 Å². The number of aromatic carboxylic acids is 1. The third-order valence-corrected chi connectivity index (χ3v) is 2.56. The van der Waals surface area contributed by atoms with Gasteiger partial charge >= 0.3 is 5.97 Å². The van der Waals surface area contributed by atoms with Crippen molar-refractivity contribution in [2.45, 2.75) is 19.7 Å². The largest absolute Gasteiger partial charge is 0.478 e. The summed E-state index contributed by atoms with van der Waals surface area (Å²) >= 11 is 5.69. The zero-order chi connectivity index (χ0) is 10.0. The number of carboxylic acid groups (broad SMARTS) is 1.